The van der Waals surface area contributed by atoms with Crippen molar-refractivity contribution in [2.45, 2.75) is 32.2 Å². The zero-order chi connectivity index (χ0) is 13.8. The summed E-state index contributed by atoms with van der Waals surface area (Å²) in [6, 6.07) is 10.4. The van der Waals surface area contributed by atoms with Crippen molar-refractivity contribution >= 4 is 16.7 Å². The highest BCUT2D eigenvalue weighted by molar-refractivity contribution is 5.81. The molecule has 1 saturated heterocycles. The second-order valence-electron chi connectivity index (χ2n) is 5.52. The van der Waals surface area contributed by atoms with Crippen molar-refractivity contribution in [3.05, 3.63) is 35.9 Å². The Bertz CT molecular complexity index is 574. The molecule has 0 aliphatic carbocycles. The number of hydrogen-bond acceptors (Lipinski definition) is 4. The van der Waals surface area contributed by atoms with Gasteiger partial charge < -0.3 is 5.43 Å². The van der Waals surface area contributed by atoms with Crippen LogP contribution in [0.25, 0.3) is 10.9 Å². The minimum absolute atomic E-state index is 0.799. The normalized spacial score (nSPS) is 17.1. The molecule has 3 N–H and O–H groups in total. The van der Waals surface area contributed by atoms with E-state index in [1.54, 1.807) is 0 Å². The molecule has 1 fully saturated rings. The van der Waals surface area contributed by atoms with Gasteiger partial charge >= 0.3 is 0 Å². The first-order valence-electron chi connectivity index (χ1n) is 7.44. The minimum Gasteiger partial charge on any atom is -0.308 e. The van der Waals surface area contributed by atoms with Gasteiger partial charge in [0.1, 0.15) is 5.82 Å². The molecule has 0 atom stereocenters. The first-order valence-corrected chi connectivity index (χ1v) is 7.44. The fourth-order valence-electron chi connectivity index (χ4n) is 2.94. The van der Waals surface area contributed by atoms with Crippen molar-refractivity contribution in [3.8, 4) is 0 Å². The summed E-state index contributed by atoms with van der Waals surface area (Å²) >= 11 is 0. The number of pyridine rings is 1. The summed E-state index contributed by atoms with van der Waals surface area (Å²) in [6.45, 7) is 3.28. The second-order valence-corrected chi connectivity index (χ2v) is 5.52. The molecule has 0 saturated carbocycles. The third kappa shape index (κ3) is 2.92. The number of aromatic nitrogens is 1. The van der Waals surface area contributed by atoms with Crippen LogP contribution in [0.2, 0.25) is 0 Å². The molecule has 0 radical (unpaired) electrons. The fourth-order valence-corrected chi connectivity index (χ4v) is 2.94. The van der Waals surface area contributed by atoms with Crippen LogP contribution in [0, 0.1) is 0 Å². The Morgan fingerprint density at radius 3 is 2.60 bits per heavy atom. The van der Waals surface area contributed by atoms with Crippen LogP contribution < -0.4 is 11.3 Å². The predicted octanol–water partition coefficient (Wildman–Crippen LogP) is 2.90. The van der Waals surface area contributed by atoms with E-state index in [1.807, 2.05) is 12.1 Å². The van der Waals surface area contributed by atoms with Crippen molar-refractivity contribution in [1.82, 2.24) is 9.88 Å². The van der Waals surface area contributed by atoms with Gasteiger partial charge in [-0.15, -0.1) is 0 Å². The maximum Gasteiger partial charge on any atom is 0.145 e. The average molecular weight is 270 g/mol. The summed E-state index contributed by atoms with van der Waals surface area (Å²) in [4.78, 5) is 7.13. The van der Waals surface area contributed by atoms with Gasteiger partial charge in [-0.1, -0.05) is 31.0 Å². The van der Waals surface area contributed by atoms with Crippen LogP contribution in [-0.2, 0) is 6.54 Å². The Labute approximate surface area is 120 Å². The first-order chi connectivity index (χ1) is 9.86. The summed E-state index contributed by atoms with van der Waals surface area (Å²) in [5.74, 6) is 6.45. The predicted molar refractivity (Wildman–Crippen MR) is 83.3 cm³/mol. The zero-order valence-electron chi connectivity index (χ0n) is 11.8. The van der Waals surface area contributed by atoms with E-state index in [2.05, 4.69) is 33.5 Å². The number of para-hydroxylation sites is 1. The molecule has 0 bridgehead atoms. The molecule has 0 unspecified atom stereocenters. The molecule has 4 nitrogen and oxygen atoms in total. The van der Waals surface area contributed by atoms with E-state index in [0.717, 1.165) is 17.9 Å². The monoisotopic (exact) mass is 270 g/mol. The Morgan fingerprint density at radius 1 is 1.10 bits per heavy atom. The van der Waals surface area contributed by atoms with Crippen molar-refractivity contribution in [2.75, 3.05) is 18.5 Å². The Hall–Kier alpha value is -1.65. The highest BCUT2D eigenvalue weighted by Crippen LogP contribution is 2.22. The number of nitrogens with two attached hydrogens (primary N) is 1. The lowest BCUT2D eigenvalue weighted by Gasteiger charge is -2.21. The molecule has 0 spiro atoms. The van der Waals surface area contributed by atoms with Gasteiger partial charge in [0.05, 0.1) is 5.52 Å². The molecule has 0 amide bonds. The summed E-state index contributed by atoms with van der Waals surface area (Å²) in [5.41, 5.74) is 4.93. The van der Waals surface area contributed by atoms with E-state index in [0.29, 0.717) is 0 Å². The second kappa shape index (κ2) is 6.20. The van der Waals surface area contributed by atoms with Crippen molar-refractivity contribution in [1.29, 1.82) is 0 Å². The molecule has 2 aromatic rings. The van der Waals surface area contributed by atoms with Gasteiger partial charge in [-0.2, -0.15) is 0 Å². The van der Waals surface area contributed by atoms with E-state index < -0.39 is 0 Å². The average Bonchev–Trinajstić information content (AvgIpc) is 2.75. The lowest BCUT2D eigenvalue weighted by molar-refractivity contribution is 0.277. The topological polar surface area (TPSA) is 54.2 Å². The summed E-state index contributed by atoms with van der Waals surface area (Å²) < 4.78 is 0. The number of anilines is 1. The molecule has 1 aliphatic rings. The molecule has 2 heterocycles. The molecule has 106 valence electrons. The molecule has 1 aliphatic heterocycles. The fraction of sp³-hybridized carbons (Fsp3) is 0.438. The third-order valence-electron chi connectivity index (χ3n) is 4.03. The van der Waals surface area contributed by atoms with Crippen LogP contribution in [0.4, 0.5) is 5.82 Å². The summed E-state index contributed by atoms with van der Waals surface area (Å²) in [5, 5.41) is 1.18. The van der Waals surface area contributed by atoms with Gasteiger partial charge in [0.15, 0.2) is 0 Å². The number of likely N-dealkylation sites (tertiary alicyclic amines) is 1. The van der Waals surface area contributed by atoms with Gasteiger partial charge in [-0.05, 0) is 38.1 Å². The number of rotatable bonds is 3. The number of hydrogen-bond donors (Lipinski definition) is 2. The first kappa shape index (κ1) is 13.3. The number of nitrogens with one attached hydrogen (secondary N) is 1. The zero-order valence-corrected chi connectivity index (χ0v) is 11.8. The van der Waals surface area contributed by atoms with Gasteiger partial charge in [0, 0.05) is 17.5 Å². The molecule has 20 heavy (non-hydrogen) atoms. The van der Waals surface area contributed by atoms with Crippen LogP contribution in [0.3, 0.4) is 0 Å². The van der Waals surface area contributed by atoms with E-state index in [-0.39, 0.29) is 0 Å². The quantitative estimate of drug-likeness (QED) is 0.665. The van der Waals surface area contributed by atoms with Gasteiger partial charge in [-0.3, -0.25) is 4.90 Å². The standard InChI is InChI=1S/C16H22N4/c17-19-16-14(12-20-9-5-1-2-6-10-20)11-13-7-3-4-8-15(13)18-16/h3-4,7-8,11H,1-2,5-6,9-10,12,17H2,(H,18,19). The number of nitrogens with zero attached hydrogens (tertiary/aromatic N) is 2. The lowest BCUT2D eigenvalue weighted by atomic mass is 10.1. The molecule has 1 aromatic heterocycles. The number of fused-ring (bicyclic) bond motifs is 1. The Balaban J connectivity index is 1.88. The van der Waals surface area contributed by atoms with Gasteiger partial charge in [-0.25, -0.2) is 10.8 Å². The molecular formula is C16H22N4. The smallest absolute Gasteiger partial charge is 0.145 e. The number of benzene rings is 1. The summed E-state index contributed by atoms with van der Waals surface area (Å²) in [7, 11) is 0. The lowest BCUT2D eigenvalue weighted by Crippen LogP contribution is -2.25. The molecule has 3 rings (SSSR count). The number of nitrogen functional groups attached to an aromatic ring is 1. The molecule has 4 heteroatoms. The van der Waals surface area contributed by atoms with E-state index >= 15 is 0 Å². The maximum absolute atomic E-state index is 5.65. The van der Waals surface area contributed by atoms with Gasteiger partial charge in [0.25, 0.3) is 0 Å². The van der Waals surface area contributed by atoms with E-state index in [4.69, 9.17) is 5.84 Å². The van der Waals surface area contributed by atoms with Crippen LogP contribution in [0.1, 0.15) is 31.2 Å². The van der Waals surface area contributed by atoms with Gasteiger partial charge in [0.2, 0.25) is 0 Å². The number of hydrazine groups is 1. The van der Waals surface area contributed by atoms with Crippen LogP contribution >= 0.6 is 0 Å². The van der Waals surface area contributed by atoms with E-state index in [1.165, 1.54) is 49.7 Å². The highest BCUT2D eigenvalue weighted by Gasteiger charge is 2.13. The van der Waals surface area contributed by atoms with Crippen LogP contribution in [0.5, 0.6) is 0 Å². The minimum atomic E-state index is 0.799. The maximum atomic E-state index is 5.65. The van der Waals surface area contributed by atoms with E-state index in [9.17, 15) is 0 Å². The SMILES string of the molecule is NNc1nc2ccccc2cc1CN1CCCCCC1. The van der Waals surface area contributed by atoms with Crippen LogP contribution in [0.15, 0.2) is 30.3 Å². The largest absolute Gasteiger partial charge is 0.308 e. The van der Waals surface area contributed by atoms with Crippen molar-refractivity contribution in [2.24, 2.45) is 5.84 Å². The Kier molecular flexibility index (Phi) is 4.14. The summed E-state index contributed by atoms with van der Waals surface area (Å²) in [6.07, 6.45) is 5.31. The molecule has 1 aromatic carbocycles. The highest BCUT2D eigenvalue weighted by atomic mass is 15.3. The van der Waals surface area contributed by atoms with Crippen molar-refractivity contribution < 1.29 is 0 Å². The Morgan fingerprint density at radius 2 is 1.85 bits per heavy atom. The van der Waals surface area contributed by atoms with Crippen molar-refractivity contribution in [3.63, 3.8) is 0 Å². The van der Waals surface area contributed by atoms with Crippen LogP contribution in [-0.4, -0.2) is 23.0 Å². The molecular weight excluding hydrogens is 248 g/mol. The third-order valence-corrected chi connectivity index (χ3v) is 4.03.